The summed E-state index contributed by atoms with van der Waals surface area (Å²) in [5.41, 5.74) is -0.0809. The number of carbonyl (C=O) groups is 1. The summed E-state index contributed by atoms with van der Waals surface area (Å²) in [5.74, 6) is 0.618. The minimum atomic E-state index is -1.07. The van der Waals surface area contributed by atoms with E-state index in [2.05, 4.69) is 29.5 Å². The summed E-state index contributed by atoms with van der Waals surface area (Å²) in [4.78, 5) is 12.2. The largest absolute Gasteiger partial charge is 0.382 e. The van der Waals surface area contributed by atoms with Crippen LogP contribution in [0, 0.1) is 9.49 Å². The molecule has 3 heteroatoms. The molecular formula is C15H19IO2. The number of hydrogen-bond donors (Lipinski definition) is 1. The Labute approximate surface area is 122 Å². The van der Waals surface area contributed by atoms with Gasteiger partial charge in [0.05, 0.1) is 0 Å². The Hall–Kier alpha value is -0.420. The van der Waals surface area contributed by atoms with Gasteiger partial charge in [0.1, 0.15) is 5.60 Å². The van der Waals surface area contributed by atoms with Crippen LogP contribution in [0.25, 0.3) is 0 Å². The molecule has 2 nitrogen and oxygen atoms in total. The van der Waals surface area contributed by atoms with E-state index in [1.54, 1.807) is 0 Å². The lowest BCUT2D eigenvalue weighted by Gasteiger charge is -2.33. The minimum Gasteiger partial charge on any atom is -0.382 e. The first kappa shape index (κ1) is 14.0. The van der Waals surface area contributed by atoms with Crippen LogP contribution in [0.4, 0.5) is 0 Å². The molecule has 1 N–H and O–H groups in total. The molecule has 18 heavy (non-hydrogen) atoms. The molecule has 0 heterocycles. The Morgan fingerprint density at radius 1 is 1.33 bits per heavy atom. The lowest BCUT2D eigenvalue weighted by atomic mass is 9.76. The fourth-order valence-electron chi connectivity index (χ4n) is 2.47. The number of halogens is 1. The number of aliphatic hydroxyl groups is 1. The van der Waals surface area contributed by atoms with Crippen LogP contribution in [0.5, 0.6) is 0 Å². The second-order valence-electron chi connectivity index (χ2n) is 5.44. The van der Waals surface area contributed by atoms with Gasteiger partial charge in [-0.05, 0) is 71.9 Å². The summed E-state index contributed by atoms with van der Waals surface area (Å²) in [6, 6.07) is 7.93. The molecule has 1 fully saturated rings. The predicted octanol–water partition coefficient (Wildman–Crippen LogP) is 3.34. The summed E-state index contributed by atoms with van der Waals surface area (Å²) >= 11 is 2.24. The van der Waals surface area contributed by atoms with Crippen LogP contribution in [-0.2, 0) is 11.2 Å². The zero-order valence-corrected chi connectivity index (χ0v) is 12.8. The molecule has 1 aromatic carbocycles. The molecule has 1 aromatic rings. The van der Waals surface area contributed by atoms with Crippen molar-refractivity contribution in [3.05, 3.63) is 33.4 Å². The molecule has 0 radical (unpaired) electrons. The highest BCUT2D eigenvalue weighted by atomic mass is 127. The van der Waals surface area contributed by atoms with Crippen molar-refractivity contribution in [1.82, 2.24) is 0 Å². The Morgan fingerprint density at radius 3 is 2.44 bits per heavy atom. The average molecular weight is 358 g/mol. The third-order valence-corrected chi connectivity index (χ3v) is 4.62. The normalized spacial score (nSPS) is 28.1. The van der Waals surface area contributed by atoms with Gasteiger partial charge in [0.2, 0.25) is 0 Å². The van der Waals surface area contributed by atoms with E-state index in [0.717, 1.165) is 22.0 Å². The molecule has 0 aliphatic heterocycles. The van der Waals surface area contributed by atoms with Crippen molar-refractivity contribution in [3.63, 3.8) is 0 Å². The maximum Gasteiger partial charge on any atom is 0.168 e. The quantitative estimate of drug-likeness (QED) is 0.842. The number of benzene rings is 1. The first-order valence-electron chi connectivity index (χ1n) is 6.50. The Bertz CT molecular complexity index is 417. The smallest absolute Gasteiger partial charge is 0.168 e. The maximum atomic E-state index is 12.2. The molecule has 1 aliphatic carbocycles. The Morgan fingerprint density at radius 2 is 1.89 bits per heavy atom. The second kappa shape index (κ2) is 5.70. The molecule has 0 spiro atoms. The van der Waals surface area contributed by atoms with Gasteiger partial charge in [-0.1, -0.05) is 19.1 Å². The van der Waals surface area contributed by atoms with Gasteiger partial charge in [0, 0.05) is 9.99 Å². The lowest BCUT2D eigenvalue weighted by molar-refractivity contribution is -0.140. The van der Waals surface area contributed by atoms with Crippen LogP contribution >= 0.6 is 22.6 Å². The average Bonchev–Trinajstić information content (AvgIpc) is 2.36. The van der Waals surface area contributed by atoms with Gasteiger partial charge in [0.15, 0.2) is 5.78 Å². The fourth-order valence-corrected chi connectivity index (χ4v) is 2.83. The molecule has 0 atom stereocenters. The van der Waals surface area contributed by atoms with Crippen molar-refractivity contribution < 1.29 is 9.90 Å². The summed E-state index contributed by atoms with van der Waals surface area (Å²) < 4.78 is 1.16. The van der Waals surface area contributed by atoms with Gasteiger partial charge in [-0.2, -0.15) is 0 Å². The molecule has 0 saturated heterocycles. The highest BCUT2D eigenvalue weighted by molar-refractivity contribution is 14.1. The molecular weight excluding hydrogens is 339 g/mol. The van der Waals surface area contributed by atoms with Gasteiger partial charge in [-0.15, -0.1) is 0 Å². The van der Waals surface area contributed by atoms with Crippen LogP contribution in [0.1, 0.15) is 38.2 Å². The van der Waals surface area contributed by atoms with E-state index in [1.807, 2.05) is 24.3 Å². The van der Waals surface area contributed by atoms with Gasteiger partial charge >= 0.3 is 0 Å². The predicted molar refractivity (Wildman–Crippen MR) is 80.5 cm³/mol. The SMILES string of the molecule is CC1CCC(O)(C(=O)Cc2ccc(I)cc2)CC1. The summed E-state index contributed by atoms with van der Waals surface area (Å²) in [7, 11) is 0. The molecule has 0 aromatic heterocycles. The minimum absolute atomic E-state index is 0.0180. The molecule has 0 unspecified atom stereocenters. The zero-order valence-electron chi connectivity index (χ0n) is 10.7. The molecule has 2 rings (SSSR count). The first-order chi connectivity index (χ1) is 8.49. The standard InChI is InChI=1S/C15H19IO2/c1-11-6-8-15(18,9-7-11)14(17)10-12-2-4-13(16)5-3-12/h2-5,11,18H,6-10H2,1H3. The summed E-state index contributed by atoms with van der Waals surface area (Å²) in [5, 5.41) is 10.4. The summed E-state index contributed by atoms with van der Waals surface area (Å²) in [6.07, 6.45) is 3.50. The summed E-state index contributed by atoms with van der Waals surface area (Å²) in [6.45, 7) is 2.18. The van der Waals surface area contributed by atoms with E-state index in [4.69, 9.17) is 0 Å². The Balaban J connectivity index is 2.01. The first-order valence-corrected chi connectivity index (χ1v) is 7.57. The van der Waals surface area contributed by atoms with E-state index in [-0.39, 0.29) is 5.78 Å². The van der Waals surface area contributed by atoms with Crippen molar-refractivity contribution in [2.75, 3.05) is 0 Å². The van der Waals surface area contributed by atoms with Crippen molar-refractivity contribution in [2.45, 2.75) is 44.6 Å². The topological polar surface area (TPSA) is 37.3 Å². The Kier molecular flexibility index (Phi) is 4.43. The van der Waals surface area contributed by atoms with E-state index in [1.165, 1.54) is 0 Å². The highest BCUT2D eigenvalue weighted by Crippen LogP contribution is 2.33. The molecule has 1 saturated carbocycles. The van der Waals surface area contributed by atoms with Crippen molar-refractivity contribution in [1.29, 1.82) is 0 Å². The number of hydrogen-bond acceptors (Lipinski definition) is 2. The van der Waals surface area contributed by atoms with Crippen molar-refractivity contribution in [2.24, 2.45) is 5.92 Å². The lowest BCUT2D eigenvalue weighted by Crippen LogP contribution is -2.42. The van der Waals surface area contributed by atoms with E-state index in [9.17, 15) is 9.90 Å². The van der Waals surface area contributed by atoms with E-state index in [0.29, 0.717) is 25.2 Å². The third kappa shape index (κ3) is 3.32. The van der Waals surface area contributed by atoms with Crippen LogP contribution in [-0.4, -0.2) is 16.5 Å². The molecule has 0 amide bonds. The second-order valence-corrected chi connectivity index (χ2v) is 6.69. The van der Waals surface area contributed by atoms with Gasteiger partial charge < -0.3 is 5.11 Å². The number of carbonyl (C=O) groups excluding carboxylic acids is 1. The third-order valence-electron chi connectivity index (χ3n) is 3.90. The molecule has 1 aliphatic rings. The van der Waals surface area contributed by atoms with Gasteiger partial charge in [0.25, 0.3) is 0 Å². The van der Waals surface area contributed by atoms with Crippen LogP contribution in [0.15, 0.2) is 24.3 Å². The van der Waals surface area contributed by atoms with Gasteiger partial charge in [-0.3, -0.25) is 4.79 Å². The van der Waals surface area contributed by atoms with E-state index < -0.39 is 5.60 Å². The molecule has 0 bridgehead atoms. The van der Waals surface area contributed by atoms with Crippen LogP contribution in [0.2, 0.25) is 0 Å². The van der Waals surface area contributed by atoms with Gasteiger partial charge in [-0.25, -0.2) is 0 Å². The number of ketones is 1. The monoisotopic (exact) mass is 358 g/mol. The maximum absolute atomic E-state index is 12.2. The van der Waals surface area contributed by atoms with Crippen LogP contribution < -0.4 is 0 Å². The van der Waals surface area contributed by atoms with Crippen molar-refractivity contribution in [3.8, 4) is 0 Å². The highest BCUT2D eigenvalue weighted by Gasteiger charge is 2.38. The fraction of sp³-hybridized carbons (Fsp3) is 0.533. The van der Waals surface area contributed by atoms with Crippen LogP contribution in [0.3, 0.4) is 0 Å². The number of Topliss-reactive ketones (excluding diaryl/α,β-unsaturated/α-hetero) is 1. The van der Waals surface area contributed by atoms with E-state index >= 15 is 0 Å². The molecule has 98 valence electrons. The number of rotatable bonds is 3. The van der Waals surface area contributed by atoms with Crippen molar-refractivity contribution >= 4 is 28.4 Å². The zero-order chi connectivity index (χ0) is 13.2.